The van der Waals surface area contributed by atoms with Gasteiger partial charge in [-0.25, -0.2) is 0 Å². The van der Waals surface area contributed by atoms with Gasteiger partial charge in [0.2, 0.25) is 0 Å². The van der Waals surface area contributed by atoms with Gasteiger partial charge in [-0.1, -0.05) is 31.5 Å². The minimum atomic E-state index is -0.556. The van der Waals surface area contributed by atoms with E-state index < -0.39 is 6.10 Å². The molecule has 0 amide bonds. The fourth-order valence-corrected chi connectivity index (χ4v) is 2.73. The van der Waals surface area contributed by atoms with Gasteiger partial charge in [-0.3, -0.25) is 0 Å². The van der Waals surface area contributed by atoms with Crippen molar-refractivity contribution in [2.75, 3.05) is 13.2 Å². The third-order valence-electron chi connectivity index (χ3n) is 4.58. The number of aliphatic hydroxyl groups excluding tert-OH is 2. The van der Waals surface area contributed by atoms with Crippen LogP contribution in [0.4, 0.5) is 0 Å². The molecule has 1 aromatic rings. The molecule has 0 radical (unpaired) electrons. The molecular formula is C17H27NO3. The monoisotopic (exact) mass is 293 g/mol. The summed E-state index contributed by atoms with van der Waals surface area (Å²) in [7, 11) is 0. The smallest absolute Gasteiger partial charge is 0.122 e. The van der Waals surface area contributed by atoms with E-state index in [1.807, 2.05) is 39.8 Å². The number of nitrogens with one attached hydrogen (secondary N) is 1. The standard InChI is InChI=1S/C17H27NO3/c1-11-5-6-14(12(2)7-11)21-10-13(19)9-18-15-8-16(20)17(15,3)4/h5-7,13,15-16,18-20H,8-10H2,1-4H3. The maximum Gasteiger partial charge on any atom is 0.122 e. The molecule has 3 N–H and O–H groups in total. The molecule has 0 aliphatic heterocycles. The zero-order valence-corrected chi connectivity index (χ0v) is 13.4. The minimum absolute atomic E-state index is 0.117. The van der Waals surface area contributed by atoms with E-state index in [-0.39, 0.29) is 24.2 Å². The largest absolute Gasteiger partial charge is 0.491 e. The predicted molar refractivity (Wildman–Crippen MR) is 83.6 cm³/mol. The molecule has 4 heteroatoms. The first-order valence-corrected chi connectivity index (χ1v) is 7.60. The third kappa shape index (κ3) is 3.76. The SMILES string of the molecule is Cc1ccc(OCC(O)CNC2CC(O)C2(C)C)c(C)c1. The van der Waals surface area contributed by atoms with Crippen molar-refractivity contribution in [2.45, 2.75) is 52.4 Å². The molecule has 118 valence electrons. The van der Waals surface area contributed by atoms with Crippen molar-refractivity contribution >= 4 is 0 Å². The van der Waals surface area contributed by atoms with Crippen LogP contribution in [0.3, 0.4) is 0 Å². The molecule has 3 atom stereocenters. The molecule has 0 aromatic heterocycles. The molecule has 1 aliphatic rings. The van der Waals surface area contributed by atoms with Crippen molar-refractivity contribution in [3.63, 3.8) is 0 Å². The van der Waals surface area contributed by atoms with Crippen LogP contribution in [-0.2, 0) is 0 Å². The highest BCUT2D eigenvalue weighted by molar-refractivity contribution is 5.35. The van der Waals surface area contributed by atoms with E-state index in [1.54, 1.807) is 0 Å². The lowest BCUT2D eigenvalue weighted by atomic mass is 9.64. The van der Waals surface area contributed by atoms with Crippen molar-refractivity contribution in [3.8, 4) is 5.75 Å². The maximum absolute atomic E-state index is 10.0. The summed E-state index contributed by atoms with van der Waals surface area (Å²) in [5.74, 6) is 0.819. The quantitative estimate of drug-likeness (QED) is 0.748. The molecule has 1 fully saturated rings. The number of benzene rings is 1. The summed E-state index contributed by atoms with van der Waals surface area (Å²) >= 11 is 0. The summed E-state index contributed by atoms with van der Waals surface area (Å²) < 4.78 is 5.67. The fourth-order valence-electron chi connectivity index (χ4n) is 2.73. The second-order valence-corrected chi connectivity index (χ2v) is 6.77. The van der Waals surface area contributed by atoms with Crippen molar-refractivity contribution in [2.24, 2.45) is 5.41 Å². The van der Waals surface area contributed by atoms with E-state index in [4.69, 9.17) is 4.74 Å². The van der Waals surface area contributed by atoms with Gasteiger partial charge < -0.3 is 20.3 Å². The highest BCUT2D eigenvalue weighted by Crippen LogP contribution is 2.40. The molecule has 0 heterocycles. The van der Waals surface area contributed by atoms with Gasteiger partial charge in [-0.15, -0.1) is 0 Å². The second-order valence-electron chi connectivity index (χ2n) is 6.77. The summed E-state index contributed by atoms with van der Waals surface area (Å²) in [6.45, 7) is 8.88. The van der Waals surface area contributed by atoms with Crippen molar-refractivity contribution in [3.05, 3.63) is 29.3 Å². The lowest BCUT2D eigenvalue weighted by Gasteiger charge is -2.49. The van der Waals surface area contributed by atoms with Gasteiger partial charge in [0.05, 0.1) is 6.10 Å². The lowest BCUT2D eigenvalue weighted by molar-refractivity contribution is -0.0755. The van der Waals surface area contributed by atoms with E-state index in [0.29, 0.717) is 6.54 Å². The first-order chi connectivity index (χ1) is 9.80. The number of rotatable bonds is 6. The van der Waals surface area contributed by atoms with E-state index in [9.17, 15) is 10.2 Å². The first-order valence-electron chi connectivity index (χ1n) is 7.60. The summed E-state index contributed by atoms with van der Waals surface area (Å²) in [6.07, 6.45) is -0.0599. The third-order valence-corrected chi connectivity index (χ3v) is 4.58. The second kappa shape index (κ2) is 6.34. The number of ether oxygens (including phenoxy) is 1. The Morgan fingerprint density at radius 3 is 2.67 bits per heavy atom. The van der Waals surface area contributed by atoms with E-state index >= 15 is 0 Å². The summed E-state index contributed by atoms with van der Waals surface area (Å²) in [5.41, 5.74) is 2.17. The summed E-state index contributed by atoms with van der Waals surface area (Å²) in [6, 6.07) is 6.27. The average molecular weight is 293 g/mol. The first kappa shape index (κ1) is 16.3. The van der Waals surface area contributed by atoms with E-state index in [2.05, 4.69) is 11.4 Å². The molecular weight excluding hydrogens is 266 g/mol. The molecule has 4 nitrogen and oxygen atoms in total. The highest BCUT2D eigenvalue weighted by atomic mass is 16.5. The van der Waals surface area contributed by atoms with Gasteiger partial charge >= 0.3 is 0 Å². The predicted octanol–water partition coefficient (Wildman–Crippen LogP) is 1.79. The van der Waals surface area contributed by atoms with Gasteiger partial charge in [-0.05, 0) is 31.9 Å². The maximum atomic E-state index is 10.0. The van der Waals surface area contributed by atoms with Crippen molar-refractivity contribution < 1.29 is 14.9 Å². The van der Waals surface area contributed by atoms with Gasteiger partial charge in [0.25, 0.3) is 0 Å². The Morgan fingerprint density at radius 2 is 2.10 bits per heavy atom. The number of hydrogen-bond donors (Lipinski definition) is 3. The molecule has 0 saturated heterocycles. The zero-order chi connectivity index (χ0) is 15.6. The average Bonchev–Trinajstić information content (AvgIpc) is 2.42. The molecule has 0 spiro atoms. The zero-order valence-electron chi connectivity index (χ0n) is 13.4. The summed E-state index contributed by atoms with van der Waals surface area (Å²) in [4.78, 5) is 0. The van der Waals surface area contributed by atoms with Crippen LogP contribution >= 0.6 is 0 Å². The fraction of sp³-hybridized carbons (Fsp3) is 0.647. The Bertz CT molecular complexity index is 487. The van der Waals surface area contributed by atoms with E-state index in [0.717, 1.165) is 17.7 Å². The van der Waals surface area contributed by atoms with Gasteiger partial charge in [0.1, 0.15) is 18.5 Å². The minimum Gasteiger partial charge on any atom is -0.491 e. The van der Waals surface area contributed by atoms with Gasteiger partial charge in [0.15, 0.2) is 0 Å². The van der Waals surface area contributed by atoms with Crippen LogP contribution in [0, 0.1) is 19.3 Å². The van der Waals surface area contributed by atoms with Gasteiger partial charge in [0, 0.05) is 18.0 Å². The molecule has 0 bridgehead atoms. The van der Waals surface area contributed by atoms with Crippen LogP contribution in [0.15, 0.2) is 18.2 Å². The molecule has 3 unspecified atom stereocenters. The van der Waals surface area contributed by atoms with Crippen LogP contribution in [-0.4, -0.2) is 41.6 Å². The van der Waals surface area contributed by atoms with Crippen LogP contribution in [0.25, 0.3) is 0 Å². The molecule has 1 saturated carbocycles. The Hall–Kier alpha value is -1.10. The number of hydrogen-bond acceptors (Lipinski definition) is 4. The number of aliphatic hydroxyl groups is 2. The lowest BCUT2D eigenvalue weighted by Crippen LogP contribution is -2.61. The van der Waals surface area contributed by atoms with Crippen LogP contribution in [0.5, 0.6) is 5.75 Å². The Kier molecular flexibility index (Phi) is 4.91. The van der Waals surface area contributed by atoms with Crippen molar-refractivity contribution in [1.29, 1.82) is 0 Å². The Labute approximate surface area is 127 Å². The molecule has 1 aliphatic carbocycles. The number of aryl methyl sites for hydroxylation is 2. The summed E-state index contributed by atoms with van der Waals surface area (Å²) in [5, 5.41) is 23.0. The normalized spacial score (nSPS) is 25.2. The molecule has 2 rings (SSSR count). The Morgan fingerprint density at radius 1 is 1.38 bits per heavy atom. The highest BCUT2D eigenvalue weighted by Gasteiger charge is 2.46. The Balaban J connectivity index is 1.74. The topological polar surface area (TPSA) is 61.7 Å². The van der Waals surface area contributed by atoms with Crippen LogP contribution in [0.1, 0.15) is 31.4 Å². The van der Waals surface area contributed by atoms with Crippen LogP contribution in [0.2, 0.25) is 0 Å². The van der Waals surface area contributed by atoms with Crippen LogP contribution < -0.4 is 10.1 Å². The van der Waals surface area contributed by atoms with Gasteiger partial charge in [-0.2, -0.15) is 0 Å². The van der Waals surface area contributed by atoms with Crippen molar-refractivity contribution in [1.82, 2.24) is 5.32 Å². The molecule has 1 aromatic carbocycles. The van der Waals surface area contributed by atoms with E-state index in [1.165, 1.54) is 5.56 Å². The molecule has 21 heavy (non-hydrogen) atoms.